The minimum atomic E-state index is -1.26. The number of rotatable bonds is 7. The van der Waals surface area contributed by atoms with Crippen LogP contribution in [0.25, 0.3) is 10.9 Å². The second-order valence-electron chi connectivity index (χ2n) is 4.54. The predicted molar refractivity (Wildman–Crippen MR) is 90.3 cm³/mol. The monoisotopic (exact) mass is 357 g/mol. The molecule has 0 fully saturated rings. The van der Waals surface area contributed by atoms with Crippen molar-refractivity contribution in [3.63, 3.8) is 0 Å². The van der Waals surface area contributed by atoms with Gasteiger partial charge in [-0.1, -0.05) is 18.5 Å². The second-order valence-corrected chi connectivity index (χ2v) is 6.19. The lowest BCUT2D eigenvalue weighted by Crippen LogP contribution is -2.18. The molecular formula is C15H16ClNO5S. The van der Waals surface area contributed by atoms with Gasteiger partial charge in [0.2, 0.25) is 5.43 Å². The topological polar surface area (TPSA) is 88.6 Å². The van der Waals surface area contributed by atoms with Crippen LogP contribution in [0.2, 0.25) is 5.02 Å². The fourth-order valence-electron chi connectivity index (χ4n) is 2.08. The van der Waals surface area contributed by atoms with Crippen molar-refractivity contribution < 1.29 is 19.4 Å². The molecule has 0 saturated heterocycles. The Labute approximate surface area is 141 Å². The normalized spacial score (nSPS) is 10.9. The zero-order valence-electron chi connectivity index (χ0n) is 12.6. The largest absolute Gasteiger partial charge is 0.490 e. The lowest BCUT2D eigenvalue weighted by atomic mass is 10.1. The van der Waals surface area contributed by atoms with Crippen LogP contribution in [0.3, 0.4) is 0 Å². The molecular weight excluding hydrogens is 342 g/mol. The summed E-state index contributed by atoms with van der Waals surface area (Å²) in [6.07, 6.45) is 0. The van der Waals surface area contributed by atoms with E-state index in [0.29, 0.717) is 30.2 Å². The van der Waals surface area contributed by atoms with Gasteiger partial charge in [-0.3, -0.25) is 4.79 Å². The van der Waals surface area contributed by atoms with E-state index in [1.165, 1.54) is 17.8 Å². The maximum Gasteiger partial charge on any atom is 0.342 e. The Hall–Kier alpha value is -1.70. The molecule has 2 N–H and O–H groups in total. The summed E-state index contributed by atoms with van der Waals surface area (Å²) in [5.74, 6) is -0.244. The van der Waals surface area contributed by atoms with Crippen molar-refractivity contribution in [2.24, 2.45) is 0 Å². The van der Waals surface area contributed by atoms with Crippen LogP contribution in [0.5, 0.6) is 5.75 Å². The molecule has 0 bridgehead atoms. The van der Waals surface area contributed by atoms with Gasteiger partial charge in [-0.05, 0) is 17.9 Å². The van der Waals surface area contributed by atoms with Crippen LogP contribution in [0.15, 0.2) is 22.0 Å². The number of aromatic carboxylic acids is 1. The minimum absolute atomic E-state index is 0.215. The summed E-state index contributed by atoms with van der Waals surface area (Å²) < 4.78 is 10.4. The van der Waals surface area contributed by atoms with Crippen LogP contribution in [0.1, 0.15) is 17.3 Å². The molecule has 1 heterocycles. The van der Waals surface area contributed by atoms with Crippen molar-refractivity contribution >= 4 is 40.2 Å². The van der Waals surface area contributed by atoms with Crippen LogP contribution < -0.4 is 10.2 Å². The number of hydrogen-bond donors (Lipinski definition) is 2. The van der Waals surface area contributed by atoms with Gasteiger partial charge in [0.25, 0.3) is 0 Å². The highest BCUT2D eigenvalue weighted by Crippen LogP contribution is 2.32. The number of thioether (sulfide) groups is 1. The number of halogens is 1. The third kappa shape index (κ3) is 3.63. The van der Waals surface area contributed by atoms with Crippen molar-refractivity contribution in [3.8, 4) is 5.75 Å². The van der Waals surface area contributed by atoms with E-state index in [2.05, 4.69) is 4.98 Å². The van der Waals surface area contributed by atoms with Gasteiger partial charge >= 0.3 is 5.97 Å². The van der Waals surface area contributed by atoms with Crippen molar-refractivity contribution in [3.05, 3.63) is 32.9 Å². The molecule has 6 nitrogen and oxygen atoms in total. The first-order chi connectivity index (χ1) is 11.0. The lowest BCUT2D eigenvalue weighted by Gasteiger charge is -2.12. The molecule has 124 valence electrons. The molecule has 1 aromatic carbocycles. The third-order valence-electron chi connectivity index (χ3n) is 3.09. The van der Waals surface area contributed by atoms with Crippen molar-refractivity contribution in [1.82, 2.24) is 4.98 Å². The number of hydrogen-bond acceptors (Lipinski definition) is 5. The highest BCUT2D eigenvalue weighted by molar-refractivity contribution is 7.99. The van der Waals surface area contributed by atoms with Gasteiger partial charge in [-0.25, -0.2) is 4.79 Å². The summed E-state index contributed by atoms with van der Waals surface area (Å²) in [5, 5.41) is 10.0. The van der Waals surface area contributed by atoms with E-state index in [1.54, 1.807) is 13.2 Å². The SMILES string of the molecule is CCSc1[nH]c2c(Cl)c(OCCOC)ccc2c(=O)c1C(=O)O. The number of fused-ring (bicyclic) bond motifs is 1. The first kappa shape index (κ1) is 17.7. The summed E-state index contributed by atoms with van der Waals surface area (Å²) in [6.45, 7) is 2.58. The summed E-state index contributed by atoms with van der Waals surface area (Å²) in [6, 6.07) is 3.06. The van der Waals surface area contributed by atoms with E-state index in [-0.39, 0.29) is 21.0 Å². The molecule has 0 unspecified atom stereocenters. The molecule has 0 aliphatic carbocycles. The zero-order valence-corrected chi connectivity index (χ0v) is 14.2. The van der Waals surface area contributed by atoms with Crippen molar-refractivity contribution in [2.45, 2.75) is 11.9 Å². The fraction of sp³-hybridized carbons (Fsp3) is 0.333. The molecule has 0 spiro atoms. The van der Waals surface area contributed by atoms with Crippen LogP contribution in [0.4, 0.5) is 0 Å². The Morgan fingerprint density at radius 1 is 1.39 bits per heavy atom. The smallest absolute Gasteiger partial charge is 0.342 e. The van der Waals surface area contributed by atoms with Crippen LogP contribution in [-0.2, 0) is 4.74 Å². The summed E-state index contributed by atoms with van der Waals surface area (Å²) >= 11 is 7.54. The minimum Gasteiger partial charge on any atom is -0.490 e. The zero-order chi connectivity index (χ0) is 17.0. The number of nitrogens with one attached hydrogen (secondary N) is 1. The highest BCUT2D eigenvalue weighted by Gasteiger charge is 2.20. The van der Waals surface area contributed by atoms with E-state index < -0.39 is 11.4 Å². The van der Waals surface area contributed by atoms with Crippen LogP contribution in [0, 0.1) is 0 Å². The van der Waals surface area contributed by atoms with E-state index in [1.807, 2.05) is 6.92 Å². The Bertz CT molecular complexity index is 790. The molecule has 23 heavy (non-hydrogen) atoms. The maximum absolute atomic E-state index is 12.5. The third-order valence-corrected chi connectivity index (χ3v) is 4.35. The number of carbonyl (C=O) groups is 1. The van der Waals surface area contributed by atoms with Gasteiger partial charge < -0.3 is 19.6 Å². The molecule has 8 heteroatoms. The number of carboxylic acid groups (broad SMARTS) is 1. The van der Waals surface area contributed by atoms with E-state index in [9.17, 15) is 14.7 Å². The van der Waals surface area contributed by atoms with Crippen LogP contribution >= 0.6 is 23.4 Å². The van der Waals surface area contributed by atoms with Gasteiger partial charge in [-0.15, -0.1) is 11.8 Å². The summed E-state index contributed by atoms with van der Waals surface area (Å²) in [4.78, 5) is 26.8. The number of aromatic amines is 1. The van der Waals surface area contributed by atoms with E-state index in [4.69, 9.17) is 21.1 Å². The Balaban J connectivity index is 2.62. The Morgan fingerprint density at radius 2 is 2.13 bits per heavy atom. The fourth-order valence-corrected chi connectivity index (χ4v) is 3.13. The number of benzene rings is 1. The first-order valence-corrected chi connectivity index (χ1v) is 8.23. The molecule has 0 aliphatic rings. The number of aromatic nitrogens is 1. The molecule has 0 saturated carbocycles. The summed E-state index contributed by atoms with van der Waals surface area (Å²) in [5.41, 5.74) is -0.464. The predicted octanol–water partition coefficient (Wildman–Crippen LogP) is 3.02. The van der Waals surface area contributed by atoms with Crippen molar-refractivity contribution in [2.75, 3.05) is 26.1 Å². The lowest BCUT2D eigenvalue weighted by molar-refractivity contribution is 0.0691. The molecule has 0 atom stereocenters. The molecule has 0 aliphatic heterocycles. The van der Waals surface area contributed by atoms with Gasteiger partial charge in [0, 0.05) is 12.5 Å². The first-order valence-electron chi connectivity index (χ1n) is 6.87. The average Bonchev–Trinajstić information content (AvgIpc) is 2.50. The highest BCUT2D eigenvalue weighted by atomic mass is 35.5. The quantitative estimate of drug-likeness (QED) is 0.585. The number of ether oxygens (including phenoxy) is 2. The Kier molecular flexibility index (Phi) is 5.92. The summed E-state index contributed by atoms with van der Waals surface area (Å²) in [7, 11) is 1.56. The van der Waals surface area contributed by atoms with Crippen molar-refractivity contribution in [1.29, 1.82) is 0 Å². The molecule has 0 amide bonds. The molecule has 2 aromatic rings. The van der Waals surface area contributed by atoms with Crippen LogP contribution in [-0.4, -0.2) is 42.1 Å². The molecule has 0 radical (unpaired) electrons. The van der Waals surface area contributed by atoms with Gasteiger partial charge in [0.15, 0.2) is 0 Å². The van der Waals surface area contributed by atoms with Gasteiger partial charge in [0.05, 0.1) is 17.1 Å². The second kappa shape index (κ2) is 7.72. The number of pyridine rings is 1. The number of H-pyrrole nitrogens is 1. The van der Waals surface area contributed by atoms with Gasteiger partial charge in [-0.2, -0.15) is 0 Å². The standard InChI is InChI=1S/C15H16ClNO5S/c1-3-23-14-10(15(19)20)13(18)8-4-5-9(22-7-6-21-2)11(16)12(8)17-14/h4-5H,3,6-7H2,1-2H3,(H,17,18)(H,19,20). The average molecular weight is 358 g/mol. The molecule has 2 rings (SSSR count). The van der Waals surface area contributed by atoms with Gasteiger partial charge in [0.1, 0.15) is 22.9 Å². The number of methoxy groups -OCH3 is 1. The maximum atomic E-state index is 12.5. The number of carboxylic acids is 1. The molecule has 1 aromatic heterocycles. The Morgan fingerprint density at radius 3 is 2.74 bits per heavy atom. The van der Waals surface area contributed by atoms with E-state index in [0.717, 1.165) is 0 Å². The van der Waals surface area contributed by atoms with E-state index >= 15 is 0 Å².